The molecule has 2 aromatic rings. The predicted molar refractivity (Wildman–Crippen MR) is 101 cm³/mol. The van der Waals surface area contributed by atoms with E-state index in [9.17, 15) is 12.8 Å². The van der Waals surface area contributed by atoms with Crippen molar-refractivity contribution < 1.29 is 17.5 Å². The molecule has 0 unspecified atom stereocenters. The molecule has 1 saturated heterocycles. The first-order valence-electron chi connectivity index (χ1n) is 8.06. The molecule has 1 fully saturated rings. The van der Waals surface area contributed by atoms with Gasteiger partial charge in [-0.2, -0.15) is 4.31 Å². The van der Waals surface area contributed by atoms with E-state index < -0.39 is 15.8 Å². The molecule has 0 amide bonds. The van der Waals surface area contributed by atoms with Gasteiger partial charge in [0.05, 0.1) is 12.0 Å². The molecule has 0 radical (unpaired) electrons. The van der Waals surface area contributed by atoms with E-state index in [1.807, 2.05) is 30.3 Å². The van der Waals surface area contributed by atoms with Crippen molar-refractivity contribution >= 4 is 22.4 Å². The van der Waals surface area contributed by atoms with Crippen LogP contribution in [0.5, 0.6) is 5.75 Å². The van der Waals surface area contributed by atoms with Crippen molar-refractivity contribution in [3.63, 3.8) is 0 Å². The molecule has 0 aliphatic carbocycles. The Bertz CT molecular complexity index is 849. The highest BCUT2D eigenvalue weighted by molar-refractivity contribution is 7.89. The summed E-state index contributed by atoms with van der Waals surface area (Å²) in [6, 6.07) is 13.4. The van der Waals surface area contributed by atoms with Crippen molar-refractivity contribution in [3.05, 3.63) is 59.9 Å². The molecule has 3 rings (SSSR count). The van der Waals surface area contributed by atoms with Crippen LogP contribution in [0.15, 0.2) is 53.4 Å². The summed E-state index contributed by atoms with van der Waals surface area (Å²) >= 11 is 0. The molecule has 1 heterocycles. The monoisotopic (exact) mass is 400 g/mol. The Morgan fingerprint density at radius 1 is 1.19 bits per heavy atom. The maximum atomic E-state index is 13.6. The van der Waals surface area contributed by atoms with Gasteiger partial charge >= 0.3 is 0 Å². The minimum atomic E-state index is -3.74. The molecule has 26 heavy (non-hydrogen) atoms. The fraction of sp³-hybridized carbons (Fsp3) is 0.333. The standard InChI is InChI=1S/C18H21FN2O3S.ClH/c1-24-18-9-15(7-8-17(18)19)25(22,23)21-11-14(10-20)16(12-21)13-5-3-2-4-6-13;/h2-9,14,16H,10-12,20H2,1H3;1H/t14-,16+;/m1./s1. The Labute approximate surface area is 159 Å². The van der Waals surface area contributed by atoms with Crippen LogP contribution in [0.2, 0.25) is 0 Å². The number of hydrogen-bond acceptors (Lipinski definition) is 4. The van der Waals surface area contributed by atoms with Gasteiger partial charge in [0, 0.05) is 25.1 Å². The molecule has 2 N–H and O–H groups in total. The van der Waals surface area contributed by atoms with Gasteiger partial charge < -0.3 is 10.5 Å². The van der Waals surface area contributed by atoms with Crippen molar-refractivity contribution in [3.8, 4) is 5.75 Å². The quantitative estimate of drug-likeness (QED) is 0.837. The Morgan fingerprint density at radius 2 is 1.88 bits per heavy atom. The van der Waals surface area contributed by atoms with E-state index in [2.05, 4.69) is 0 Å². The number of nitrogens with two attached hydrogens (primary N) is 1. The molecule has 0 spiro atoms. The maximum absolute atomic E-state index is 13.6. The molecule has 8 heteroatoms. The Kier molecular flexibility index (Phi) is 6.63. The Hall–Kier alpha value is -1.67. The van der Waals surface area contributed by atoms with Gasteiger partial charge in [0.1, 0.15) is 0 Å². The van der Waals surface area contributed by atoms with Gasteiger partial charge in [-0.25, -0.2) is 12.8 Å². The highest BCUT2D eigenvalue weighted by atomic mass is 35.5. The average Bonchev–Trinajstić information content (AvgIpc) is 3.08. The van der Waals surface area contributed by atoms with Gasteiger partial charge in [0.25, 0.3) is 0 Å². The minimum Gasteiger partial charge on any atom is -0.494 e. The molecule has 0 aromatic heterocycles. The number of sulfonamides is 1. The van der Waals surface area contributed by atoms with Crippen molar-refractivity contribution in [2.24, 2.45) is 11.7 Å². The number of ether oxygens (including phenoxy) is 1. The van der Waals surface area contributed by atoms with E-state index in [4.69, 9.17) is 10.5 Å². The fourth-order valence-corrected chi connectivity index (χ4v) is 4.83. The van der Waals surface area contributed by atoms with Crippen molar-refractivity contribution in [1.82, 2.24) is 4.31 Å². The fourth-order valence-electron chi connectivity index (χ4n) is 3.29. The zero-order chi connectivity index (χ0) is 18.0. The average molecular weight is 401 g/mol. The second-order valence-corrected chi connectivity index (χ2v) is 8.07. The number of halogens is 2. The number of benzene rings is 2. The number of hydrogen-bond donors (Lipinski definition) is 1. The maximum Gasteiger partial charge on any atom is 0.243 e. The van der Waals surface area contributed by atoms with Crippen LogP contribution in [0.25, 0.3) is 0 Å². The van der Waals surface area contributed by atoms with Crippen molar-refractivity contribution in [2.75, 3.05) is 26.7 Å². The highest BCUT2D eigenvalue weighted by Gasteiger charge is 2.39. The van der Waals surface area contributed by atoms with E-state index in [-0.39, 0.29) is 34.9 Å². The van der Waals surface area contributed by atoms with Crippen LogP contribution in [0.4, 0.5) is 4.39 Å². The molecule has 0 saturated carbocycles. The van der Waals surface area contributed by atoms with E-state index in [1.54, 1.807) is 0 Å². The van der Waals surface area contributed by atoms with Gasteiger partial charge in [-0.1, -0.05) is 30.3 Å². The normalized spacial score (nSPS) is 20.6. The van der Waals surface area contributed by atoms with Crippen molar-refractivity contribution in [1.29, 1.82) is 0 Å². The smallest absolute Gasteiger partial charge is 0.243 e. The summed E-state index contributed by atoms with van der Waals surface area (Å²) in [7, 11) is -2.43. The Balaban J connectivity index is 0.00000243. The predicted octanol–water partition coefficient (Wildman–Crippen LogP) is 2.62. The Morgan fingerprint density at radius 3 is 2.50 bits per heavy atom. The molecule has 2 atom stereocenters. The first-order valence-corrected chi connectivity index (χ1v) is 9.50. The van der Waals surface area contributed by atoms with Crippen LogP contribution >= 0.6 is 12.4 Å². The summed E-state index contributed by atoms with van der Waals surface area (Å²) in [4.78, 5) is 0.0234. The van der Waals surface area contributed by atoms with Gasteiger partial charge in [-0.15, -0.1) is 12.4 Å². The van der Waals surface area contributed by atoms with Crippen LogP contribution in [-0.2, 0) is 10.0 Å². The largest absolute Gasteiger partial charge is 0.494 e. The summed E-state index contributed by atoms with van der Waals surface area (Å²) in [5, 5.41) is 0. The molecule has 5 nitrogen and oxygen atoms in total. The summed E-state index contributed by atoms with van der Waals surface area (Å²) in [5.74, 6) is -0.594. The van der Waals surface area contributed by atoms with Gasteiger partial charge in [0.2, 0.25) is 10.0 Å². The van der Waals surface area contributed by atoms with E-state index in [0.717, 1.165) is 11.6 Å². The zero-order valence-corrected chi connectivity index (χ0v) is 16.0. The first kappa shape index (κ1) is 20.6. The van der Waals surface area contributed by atoms with Gasteiger partial charge in [-0.05, 0) is 30.2 Å². The number of methoxy groups -OCH3 is 1. The molecule has 142 valence electrons. The third-order valence-electron chi connectivity index (χ3n) is 4.70. The van der Waals surface area contributed by atoms with E-state index in [1.165, 1.54) is 23.5 Å². The van der Waals surface area contributed by atoms with Crippen molar-refractivity contribution in [2.45, 2.75) is 10.8 Å². The molecule has 2 aromatic carbocycles. The first-order chi connectivity index (χ1) is 12.0. The minimum absolute atomic E-state index is 0. The van der Waals surface area contributed by atoms with E-state index in [0.29, 0.717) is 19.6 Å². The van der Waals surface area contributed by atoms with Gasteiger partial charge in [-0.3, -0.25) is 0 Å². The molecule has 0 bridgehead atoms. The van der Waals surface area contributed by atoms with Crippen LogP contribution in [0.1, 0.15) is 11.5 Å². The second-order valence-electron chi connectivity index (χ2n) is 6.13. The molecule has 1 aliphatic heterocycles. The third-order valence-corrected chi connectivity index (χ3v) is 6.53. The second kappa shape index (κ2) is 8.35. The summed E-state index contributed by atoms with van der Waals surface area (Å²) in [6.45, 7) is 1.10. The van der Waals surface area contributed by atoms with E-state index >= 15 is 0 Å². The lowest BCUT2D eigenvalue weighted by atomic mass is 9.89. The lowest BCUT2D eigenvalue weighted by molar-refractivity contribution is 0.384. The SMILES string of the molecule is COc1cc(S(=O)(=O)N2C[C@@H](CN)[C@H](c3ccccc3)C2)ccc1F.Cl. The number of nitrogens with zero attached hydrogens (tertiary/aromatic N) is 1. The van der Waals surface area contributed by atoms with Crippen LogP contribution in [0.3, 0.4) is 0 Å². The van der Waals surface area contributed by atoms with Gasteiger partial charge in [0.15, 0.2) is 11.6 Å². The van der Waals surface area contributed by atoms with Crippen LogP contribution < -0.4 is 10.5 Å². The zero-order valence-electron chi connectivity index (χ0n) is 14.3. The third kappa shape index (κ3) is 3.86. The number of rotatable bonds is 5. The molecular weight excluding hydrogens is 379 g/mol. The summed E-state index contributed by atoms with van der Waals surface area (Å²) < 4.78 is 45.8. The lowest BCUT2D eigenvalue weighted by Crippen LogP contribution is -2.30. The lowest BCUT2D eigenvalue weighted by Gasteiger charge is -2.17. The van der Waals surface area contributed by atoms with Crippen LogP contribution in [0, 0.1) is 11.7 Å². The van der Waals surface area contributed by atoms with Crippen LogP contribution in [-0.4, -0.2) is 39.5 Å². The molecular formula is C18H22ClFN2O3S. The molecule has 1 aliphatic rings. The highest BCUT2D eigenvalue weighted by Crippen LogP contribution is 2.35. The topological polar surface area (TPSA) is 72.6 Å². The summed E-state index contributed by atoms with van der Waals surface area (Å²) in [6.07, 6.45) is 0. The summed E-state index contributed by atoms with van der Waals surface area (Å²) in [5.41, 5.74) is 6.96.